The Labute approximate surface area is 455 Å². The fourth-order valence-corrected chi connectivity index (χ4v) is 12.6. The van der Waals surface area contributed by atoms with Crippen LogP contribution in [0, 0.1) is 0 Å². The summed E-state index contributed by atoms with van der Waals surface area (Å²) in [5.41, 5.74) is 24.7. The number of fused-ring (bicyclic) bond motifs is 15. The molecule has 0 radical (unpaired) electrons. The first-order valence-corrected chi connectivity index (χ1v) is 28.2. The van der Waals surface area contributed by atoms with E-state index in [1.807, 2.05) is 0 Å². The predicted molar refractivity (Wildman–Crippen MR) is 334 cm³/mol. The summed E-state index contributed by atoms with van der Waals surface area (Å²) >= 11 is 0. The van der Waals surface area contributed by atoms with Gasteiger partial charge in [-0.05, 0) is 154 Å². The van der Waals surface area contributed by atoms with Gasteiger partial charge in [-0.1, -0.05) is 203 Å². The molecule has 8 aromatic carbocycles. The highest BCUT2D eigenvalue weighted by atomic mass is 16.3. The summed E-state index contributed by atoms with van der Waals surface area (Å²) in [6.07, 6.45) is 0. The van der Waals surface area contributed by atoms with Crippen LogP contribution in [0.5, 0.6) is 0 Å². The monoisotopic (exact) mass is 1010 g/mol. The van der Waals surface area contributed by atoms with Crippen molar-refractivity contribution in [2.75, 3.05) is 0 Å². The van der Waals surface area contributed by atoms with Crippen LogP contribution < -0.4 is 0 Å². The van der Waals surface area contributed by atoms with Crippen LogP contribution in [-0.4, -0.2) is 8.80 Å². The second kappa shape index (κ2) is 15.8. The van der Waals surface area contributed by atoms with Gasteiger partial charge in [0.05, 0.1) is 27.6 Å². The number of nitrogens with zero attached hydrogens (tertiary/aromatic N) is 2. The lowest BCUT2D eigenvalue weighted by molar-refractivity contribution is 0.568. The molecule has 0 aliphatic carbocycles. The maximum atomic E-state index is 6.96. The highest BCUT2D eigenvalue weighted by Gasteiger charge is 2.30. The van der Waals surface area contributed by atoms with Crippen molar-refractivity contribution in [2.24, 2.45) is 0 Å². The molecule has 0 aliphatic heterocycles. The maximum absolute atomic E-state index is 6.96. The second-order valence-electron chi connectivity index (χ2n) is 29.3. The summed E-state index contributed by atoms with van der Waals surface area (Å²) in [4.78, 5) is 0. The molecule has 5 heterocycles. The highest BCUT2D eigenvalue weighted by molar-refractivity contribution is 6.35. The Kier molecular flexibility index (Phi) is 10.1. The van der Waals surface area contributed by atoms with E-state index in [-0.39, 0.29) is 32.5 Å². The third-order valence-electron chi connectivity index (χ3n) is 17.4. The maximum Gasteiger partial charge on any atom is 0.161 e. The Hall–Kier alpha value is -7.10. The van der Waals surface area contributed by atoms with E-state index in [0.717, 1.165) is 27.5 Å². The molecule has 3 nitrogen and oxygen atoms in total. The first kappa shape index (κ1) is 49.5. The fourth-order valence-electron chi connectivity index (χ4n) is 12.6. The van der Waals surface area contributed by atoms with Gasteiger partial charge in [-0.25, -0.2) is 0 Å². The smallest absolute Gasteiger partial charge is 0.161 e. The summed E-state index contributed by atoms with van der Waals surface area (Å²) in [6, 6.07) is 52.8. The first-order valence-electron chi connectivity index (χ1n) is 28.2. The zero-order chi connectivity index (χ0) is 54.6. The van der Waals surface area contributed by atoms with E-state index in [1.54, 1.807) is 0 Å². The van der Waals surface area contributed by atoms with Gasteiger partial charge in [-0.15, -0.1) is 0 Å². The van der Waals surface area contributed by atoms with Crippen molar-refractivity contribution in [2.45, 2.75) is 157 Å². The molecule has 0 saturated carbocycles. The normalized spacial score (nSPS) is 13.8. The molecular formula is C74H76N2O. The van der Waals surface area contributed by atoms with Gasteiger partial charge in [-0.3, -0.25) is 0 Å². The number of rotatable bonds is 3. The largest absolute Gasteiger partial charge is 0.454 e. The molecule has 0 amide bonds. The summed E-state index contributed by atoms with van der Waals surface area (Å²) in [6.45, 7) is 42.1. The van der Waals surface area contributed by atoms with Gasteiger partial charge in [0.25, 0.3) is 0 Å². The number of furan rings is 1. The molecule has 5 aromatic heterocycles. The SMILES string of the molecule is CC(C)(C)c1cc(-c2ccc3c(c2)c2cc(-c4cc(C(C)(C)C)cc(C(C)(C)C)c4)cc4c5ccc6c(c7cc(-c8cc(C(C)(C)C)cc(C(C)(C)C)c8)cc8c9oc%10ccccc%10c9n6c87)c5n3c24)cc(C(C)(C)C)c1. The molecule has 0 bridgehead atoms. The molecule has 0 aliphatic rings. The van der Waals surface area contributed by atoms with Crippen LogP contribution in [-0.2, 0) is 32.5 Å². The van der Waals surface area contributed by atoms with Crippen LogP contribution in [0.4, 0.5) is 0 Å². The lowest BCUT2D eigenvalue weighted by Crippen LogP contribution is -2.16. The first-order chi connectivity index (χ1) is 35.9. The van der Waals surface area contributed by atoms with Gasteiger partial charge in [-0.2, -0.15) is 0 Å². The number of hydrogen-bond donors (Lipinski definition) is 0. The van der Waals surface area contributed by atoms with Crippen molar-refractivity contribution >= 4 is 87.4 Å². The summed E-state index contributed by atoms with van der Waals surface area (Å²) in [5, 5.41) is 9.93. The van der Waals surface area contributed by atoms with E-state index in [2.05, 4.69) is 267 Å². The standard InChI is InChI=1S/C74H76N2O/c1-69(2,3)47-27-42(28-48(38-47)70(4,5)6)41-23-25-60-55(33-41)57-35-45(43-29-49(71(7,8)9)39-50(30-43)72(10,11)12)34-56-53-24-26-61-63(66(53)75(60)64(56)57)58-36-46(44-31-51(73(13,14)15)40-52(32-44)74(16,17)18)37-59-65(58)76(61)67-54-21-19-20-22-62(54)77-68(59)67/h19-40H,1-18H3. The summed E-state index contributed by atoms with van der Waals surface area (Å²) < 4.78 is 12.1. The van der Waals surface area contributed by atoms with Crippen LogP contribution in [0.2, 0.25) is 0 Å². The van der Waals surface area contributed by atoms with Gasteiger partial charge in [0.1, 0.15) is 11.1 Å². The van der Waals surface area contributed by atoms with Gasteiger partial charge in [0.15, 0.2) is 5.58 Å². The second-order valence-corrected chi connectivity index (χ2v) is 29.3. The summed E-state index contributed by atoms with van der Waals surface area (Å²) in [5.74, 6) is 0. The van der Waals surface area contributed by atoms with E-state index in [4.69, 9.17) is 4.42 Å². The van der Waals surface area contributed by atoms with Crippen molar-refractivity contribution in [3.05, 3.63) is 167 Å². The molecule has 0 N–H and O–H groups in total. The van der Waals surface area contributed by atoms with Crippen LogP contribution in [0.25, 0.3) is 121 Å². The Balaban J connectivity index is 1.20. The number of aromatic nitrogens is 2. The summed E-state index contributed by atoms with van der Waals surface area (Å²) in [7, 11) is 0. The number of para-hydroxylation sites is 1. The van der Waals surface area contributed by atoms with E-state index in [1.165, 1.54) is 127 Å². The minimum Gasteiger partial charge on any atom is -0.454 e. The molecule has 3 heteroatoms. The molecule has 0 spiro atoms. The molecule has 13 rings (SSSR count). The fraction of sp³-hybridized carbons (Fsp3) is 0.324. The quantitative estimate of drug-likeness (QED) is 0.173. The van der Waals surface area contributed by atoms with E-state index in [0.29, 0.717) is 0 Å². The van der Waals surface area contributed by atoms with Crippen LogP contribution in [0.1, 0.15) is 158 Å². The van der Waals surface area contributed by atoms with Crippen LogP contribution in [0.3, 0.4) is 0 Å². The Bertz CT molecular complexity index is 4500. The van der Waals surface area contributed by atoms with Gasteiger partial charge < -0.3 is 13.2 Å². The average Bonchev–Trinajstić information content (AvgIpc) is 3.97. The molecular weight excluding hydrogens is 933 g/mol. The van der Waals surface area contributed by atoms with Crippen molar-refractivity contribution in [1.82, 2.24) is 8.80 Å². The third kappa shape index (κ3) is 7.56. The van der Waals surface area contributed by atoms with Crippen molar-refractivity contribution in [1.29, 1.82) is 0 Å². The molecule has 0 saturated heterocycles. The molecule has 388 valence electrons. The number of hydrogen-bond acceptors (Lipinski definition) is 1. The van der Waals surface area contributed by atoms with Crippen molar-refractivity contribution < 1.29 is 4.42 Å². The molecule has 0 unspecified atom stereocenters. The number of benzene rings is 8. The average molecular weight is 1010 g/mol. The molecule has 0 atom stereocenters. The topological polar surface area (TPSA) is 22.0 Å². The lowest BCUT2D eigenvalue weighted by atomic mass is 9.78. The zero-order valence-corrected chi connectivity index (χ0v) is 49.0. The van der Waals surface area contributed by atoms with Crippen molar-refractivity contribution in [3.63, 3.8) is 0 Å². The van der Waals surface area contributed by atoms with Crippen LogP contribution in [0.15, 0.2) is 138 Å². The molecule has 0 fully saturated rings. The predicted octanol–water partition coefficient (Wildman–Crippen LogP) is 21.5. The highest BCUT2D eigenvalue weighted by Crippen LogP contribution is 2.51. The van der Waals surface area contributed by atoms with E-state index >= 15 is 0 Å². The minimum atomic E-state index is -0.0301. The third-order valence-corrected chi connectivity index (χ3v) is 17.4. The van der Waals surface area contributed by atoms with Crippen LogP contribution >= 0.6 is 0 Å². The minimum absolute atomic E-state index is 0.00136. The van der Waals surface area contributed by atoms with Gasteiger partial charge in [0, 0.05) is 43.1 Å². The van der Waals surface area contributed by atoms with Gasteiger partial charge >= 0.3 is 0 Å². The zero-order valence-electron chi connectivity index (χ0n) is 49.0. The van der Waals surface area contributed by atoms with E-state index < -0.39 is 0 Å². The molecule has 13 aromatic rings. The van der Waals surface area contributed by atoms with Gasteiger partial charge in [0.2, 0.25) is 0 Å². The Morgan fingerprint density at radius 3 is 1.14 bits per heavy atom. The lowest BCUT2D eigenvalue weighted by Gasteiger charge is -2.26. The Morgan fingerprint density at radius 1 is 0.273 bits per heavy atom. The Morgan fingerprint density at radius 2 is 0.649 bits per heavy atom. The van der Waals surface area contributed by atoms with Crippen molar-refractivity contribution in [3.8, 4) is 33.4 Å². The molecule has 77 heavy (non-hydrogen) atoms. The van der Waals surface area contributed by atoms with E-state index in [9.17, 15) is 0 Å².